The van der Waals surface area contributed by atoms with Gasteiger partial charge in [-0.15, -0.1) is 9.19 Å². The molecule has 0 radical (unpaired) electrons. The number of aryl methyl sites for hydroxylation is 1. The first kappa shape index (κ1) is 14.9. The minimum Gasteiger partial charge on any atom is -0.214 e. The summed E-state index contributed by atoms with van der Waals surface area (Å²) < 4.78 is 26.8. The molecule has 22 heavy (non-hydrogen) atoms. The van der Waals surface area contributed by atoms with Gasteiger partial charge in [0.25, 0.3) is 10.0 Å². The van der Waals surface area contributed by atoms with E-state index >= 15 is 0 Å². The molecule has 3 aromatic rings. The first-order chi connectivity index (χ1) is 10.5. The molecular formula is C15H12BrN3O2S. The first-order valence-electron chi connectivity index (χ1n) is 6.47. The standard InChI is InChI=1S/C15H12BrN3O2S/c1-11-2-8-14(9-3-11)22(20,21)19-10-17-15(18-19)12-4-6-13(16)7-5-12/h2-10H,1H3. The predicted molar refractivity (Wildman–Crippen MR) is 86.9 cm³/mol. The summed E-state index contributed by atoms with van der Waals surface area (Å²) in [7, 11) is -3.72. The zero-order valence-corrected chi connectivity index (χ0v) is 14.0. The third-order valence-electron chi connectivity index (χ3n) is 3.14. The number of benzene rings is 2. The fraction of sp³-hybridized carbons (Fsp3) is 0.0667. The Kier molecular flexibility index (Phi) is 3.84. The van der Waals surface area contributed by atoms with Crippen molar-refractivity contribution in [2.24, 2.45) is 0 Å². The van der Waals surface area contributed by atoms with Gasteiger partial charge in [-0.05, 0) is 31.2 Å². The summed E-state index contributed by atoms with van der Waals surface area (Å²) in [5, 5.41) is 4.08. The molecule has 0 saturated heterocycles. The van der Waals surface area contributed by atoms with Gasteiger partial charge in [0.2, 0.25) is 0 Å². The second-order valence-corrected chi connectivity index (χ2v) is 7.48. The van der Waals surface area contributed by atoms with E-state index in [0.717, 1.165) is 19.7 Å². The molecule has 0 fully saturated rings. The van der Waals surface area contributed by atoms with E-state index in [0.29, 0.717) is 5.82 Å². The summed E-state index contributed by atoms with van der Waals surface area (Å²) in [5.41, 5.74) is 1.74. The van der Waals surface area contributed by atoms with Crippen LogP contribution in [0, 0.1) is 6.92 Å². The number of halogens is 1. The highest BCUT2D eigenvalue weighted by atomic mass is 79.9. The molecule has 1 aromatic heterocycles. The van der Waals surface area contributed by atoms with E-state index < -0.39 is 10.0 Å². The van der Waals surface area contributed by atoms with Crippen LogP contribution in [0.3, 0.4) is 0 Å². The Labute approximate surface area is 136 Å². The first-order valence-corrected chi connectivity index (χ1v) is 8.70. The average molecular weight is 378 g/mol. The summed E-state index contributed by atoms with van der Waals surface area (Å²) in [4.78, 5) is 4.27. The monoisotopic (exact) mass is 377 g/mol. The molecule has 0 saturated carbocycles. The van der Waals surface area contributed by atoms with Gasteiger partial charge in [0.15, 0.2) is 5.82 Å². The molecule has 0 N–H and O–H groups in total. The van der Waals surface area contributed by atoms with Crippen LogP contribution in [-0.2, 0) is 10.0 Å². The number of hydrogen-bond acceptors (Lipinski definition) is 4. The van der Waals surface area contributed by atoms with E-state index in [9.17, 15) is 8.42 Å². The van der Waals surface area contributed by atoms with Crippen molar-refractivity contribution >= 4 is 26.0 Å². The number of aromatic nitrogens is 3. The van der Waals surface area contributed by atoms with Gasteiger partial charge >= 0.3 is 0 Å². The Morgan fingerprint density at radius 1 is 1.00 bits per heavy atom. The summed E-state index contributed by atoms with van der Waals surface area (Å²) >= 11 is 3.35. The van der Waals surface area contributed by atoms with Crippen LogP contribution in [0.2, 0.25) is 0 Å². The van der Waals surface area contributed by atoms with Gasteiger partial charge in [-0.25, -0.2) is 4.98 Å². The van der Waals surface area contributed by atoms with E-state index in [1.165, 1.54) is 6.33 Å². The number of nitrogens with zero attached hydrogens (tertiary/aromatic N) is 3. The minimum absolute atomic E-state index is 0.186. The van der Waals surface area contributed by atoms with Gasteiger partial charge in [-0.2, -0.15) is 8.42 Å². The molecule has 0 aliphatic heterocycles. The van der Waals surface area contributed by atoms with Crippen LogP contribution in [-0.4, -0.2) is 22.6 Å². The van der Waals surface area contributed by atoms with Gasteiger partial charge in [0.1, 0.15) is 6.33 Å². The Morgan fingerprint density at radius 3 is 2.27 bits per heavy atom. The predicted octanol–water partition coefficient (Wildman–Crippen LogP) is 3.25. The lowest BCUT2D eigenvalue weighted by molar-refractivity contribution is 0.580. The Bertz CT molecular complexity index is 901. The Hall–Kier alpha value is -1.99. The van der Waals surface area contributed by atoms with Gasteiger partial charge in [-0.3, -0.25) is 0 Å². The number of rotatable bonds is 3. The molecule has 5 nitrogen and oxygen atoms in total. The molecule has 0 aliphatic rings. The van der Waals surface area contributed by atoms with Gasteiger partial charge in [-0.1, -0.05) is 45.8 Å². The van der Waals surface area contributed by atoms with E-state index in [4.69, 9.17) is 0 Å². The maximum atomic E-state index is 12.5. The zero-order valence-electron chi connectivity index (χ0n) is 11.6. The van der Waals surface area contributed by atoms with Crippen LogP contribution < -0.4 is 0 Å². The molecule has 0 spiro atoms. The number of hydrogen-bond donors (Lipinski definition) is 0. The second kappa shape index (κ2) is 5.66. The molecular weight excluding hydrogens is 366 g/mol. The van der Waals surface area contributed by atoms with E-state index in [-0.39, 0.29) is 4.90 Å². The van der Waals surface area contributed by atoms with Crippen molar-refractivity contribution in [1.29, 1.82) is 0 Å². The fourth-order valence-electron chi connectivity index (χ4n) is 1.91. The lowest BCUT2D eigenvalue weighted by Gasteiger charge is -2.03. The normalized spacial score (nSPS) is 11.5. The molecule has 0 bridgehead atoms. The maximum absolute atomic E-state index is 12.5. The SMILES string of the molecule is Cc1ccc(S(=O)(=O)n2cnc(-c3ccc(Br)cc3)n2)cc1. The van der Waals surface area contributed by atoms with Crippen molar-refractivity contribution in [2.45, 2.75) is 11.8 Å². The average Bonchev–Trinajstić information content (AvgIpc) is 2.99. The van der Waals surface area contributed by atoms with E-state index in [1.807, 2.05) is 31.2 Å². The summed E-state index contributed by atoms with van der Waals surface area (Å²) in [6, 6.07) is 14.0. The largest absolute Gasteiger partial charge is 0.284 e. The van der Waals surface area contributed by atoms with Crippen LogP contribution in [0.25, 0.3) is 11.4 Å². The van der Waals surface area contributed by atoms with E-state index in [1.54, 1.807) is 24.3 Å². The van der Waals surface area contributed by atoms with Crippen LogP contribution in [0.5, 0.6) is 0 Å². The minimum atomic E-state index is -3.72. The Morgan fingerprint density at radius 2 is 1.64 bits per heavy atom. The van der Waals surface area contributed by atoms with Crippen molar-refractivity contribution in [2.75, 3.05) is 0 Å². The van der Waals surface area contributed by atoms with Crippen molar-refractivity contribution in [3.8, 4) is 11.4 Å². The molecule has 0 atom stereocenters. The van der Waals surface area contributed by atoms with Gasteiger partial charge < -0.3 is 0 Å². The highest BCUT2D eigenvalue weighted by Crippen LogP contribution is 2.20. The van der Waals surface area contributed by atoms with Crippen molar-refractivity contribution in [3.63, 3.8) is 0 Å². The molecule has 0 unspecified atom stereocenters. The van der Waals surface area contributed by atoms with E-state index in [2.05, 4.69) is 26.0 Å². The second-order valence-electron chi connectivity index (χ2n) is 4.77. The zero-order chi connectivity index (χ0) is 15.7. The lowest BCUT2D eigenvalue weighted by Crippen LogP contribution is -2.13. The topological polar surface area (TPSA) is 64.8 Å². The molecule has 3 rings (SSSR count). The smallest absolute Gasteiger partial charge is 0.214 e. The van der Waals surface area contributed by atoms with Gasteiger partial charge in [0, 0.05) is 10.0 Å². The van der Waals surface area contributed by atoms with Crippen molar-refractivity contribution in [3.05, 3.63) is 64.9 Å². The molecule has 1 heterocycles. The third-order valence-corrected chi connectivity index (χ3v) is 5.20. The summed E-state index contributed by atoms with van der Waals surface area (Å²) in [6.07, 6.45) is 1.21. The summed E-state index contributed by atoms with van der Waals surface area (Å²) in [6.45, 7) is 1.90. The third kappa shape index (κ3) is 2.82. The summed E-state index contributed by atoms with van der Waals surface area (Å²) in [5.74, 6) is 0.364. The lowest BCUT2D eigenvalue weighted by atomic mass is 10.2. The van der Waals surface area contributed by atoms with Crippen LogP contribution in [0.1, 0.15) is 5.56 Å². The molecule has 112 valence electrons. The van der Waals surface area contributed by atoms with Crippen LogP contribution in [0.4, 0.5) is 0 Å². The van der Waals surface area contributed by atoms with Crippen molar-refractivity contribution in [1.82, 2.24) is 14.2 Å². The Balaban J connectivity index is 1.99. The van der Waals surface area contributed by atoms with Gasteiger partial charge in [0.05, 0.1) is 4.90 Å². The highest BCUT2D eigenvalue weighted by Gasteiger charge is 2.19. The molecule has 0 amide bonds. The maximum Gasteiger partial charge on any atom is 0.284 e. The van der Waals surface area contributed by atoms with Crippen molar-refractivity contribution < 1.29 is 8.42 Å². The quantitative estimate of drug-likeness (QED) is 0.702. The fourth-order valence-corrected chi connectivity index (χ4v) is 3.23. The van der Waals surface area contributed by atoms with Crippen LogP contribution in [0.15, 0.2) is 64.2 Å². The molecule has 0 aliphatic carbocycles. The molecule has 2 aromatic carbocycles. The molecule has 7 heteroatoms. The van der Waals surface area contributed by atoms with Crippen LogP contribution >= 0.6 is 15.9 Å². The highest BCUT2D eigenvalue weighted by molar-refractivity contribution is 9.10.